The number of hydrogen-bond donors (Lipinski definition) is 0. The molecule has 1 unspecified atom stereocenters. The largest absolute Gasteiger partial charge is 0.467 e. The average Bonchev–Trinajstić information content (AvgIpc) is 2.92. The van der Waals surface area contributed by atoms with Crippen LogP contribution in [0.1, 0.15) is 31.9 Å². The zero-order valence-electron chi connectivity index (χ0n) is 12.6. The Morgan fingerprint density at radius 2 is 2.23 bits per heavy atom. The summed E-state index contributed by atoms with van der Waals surface area (Å²) in [6.45, 7) is 1.38. The van der Waals surface area contributed by atoms with Crippen molar-refractivity contribution >= 4 is 5.91 Å². The van der Waals surface area contributed by atoms with Crippen molar-refractivity contribution in [2.75, 3.05) is 19.6 Å². The normalized spacial score (nSPS) is 20.1. The van der Waals surface area contributed by atoms with E-state index >= 15 is 0 Å². The molecule has 1 aliphatic rings. The number of alkyl halides is 3. The molecule has 4 nitrogen and oxygen atoms in total. The van der Waals surface area contributed by atoms with Crippen LogP contribution in [-0.2, 0) is 11.3 Å². The van der Waals surface area contributed by atoms with Crippen LogP contribution >= 0.6 is 0 Å². The van der Waals surface area contributed by atoms with Gasteiger partial charge in [0.25, 0.3) is 0 Å². The second-order valence-corrected chi connectivity index (χ2v) is 5.76. The summed E-state index contributed by atoms with van der Waals surface area (Å²) in [5.41, 5.74) is 0. The molecule has 0 aromatic carbocycles. The van der Waals surface area contributed by atoms with E-state index in [1.165, 1.54) is 6.26 Å². The maximum atomic E-state index is 12.7. The third kappa shape index (κ3) is 5.05. The fourth-order valence-electron chi connectivity index (χ4n) is 2.71. The van der Waals surface area contributed by atoms with Gasteiger partial charge in [-0.25, -0.2) is 0 Å². The van der Waals surface area contributed by atoms with Crippen molar-refractivity contribution in [1.82, 2.24) is 9.80 Å². The SMILES string of the molecule is CC1CCCCN1CC(=O)N(Cc1ccco1)CC(F)(F)F. The Balaban J connectivity index is 2.01. The molecule has 0 saturated carbocycles. The van der Waals surface area contributed by atoms with E-state index in [0.29, 0.717) is 5.76 Å². The molecule has 1 fully saturated rings. The van der Waals surface area contributed by atoms with Gasteiger partial charge in [0, 0.05) is 6.04 Å². The van der Waals surface area contributed by atoms with E-state index in [1.807, 2.05) is 11.8 Å². The average molecular weight is 318 g/mol. The fourth-order valence-corrected chi connectivity index (χ4v) is 2.71. The van der Waals surface area contributed by atoms with Gasteiger partial charge in [0.1, 0.15) is 12.3 Å². The Labute approximate surface area is 127 Å². The number of rotatable bonds is 5. The highest BCUT2D eigenvalue weighted by Gasteiger charge is 2.34. The number of piperidine rings is 1. The number of nitrogens with zero attached hydrogens (tertiary/aromatic N) is 2. The van der Waals surface area contributed by atoms with E-state index in [0.717, 1.165) is 30.7 Å². The van der Waals surface area contributed by atoms with Crippen LogP contribution in [0.3, 0.4) is 0 Å². The zero-order valence-corrected chi connectivity index (χ0v) is 12.6. The number of halogens is 3. The van der Waals surface area contributed by atoms with Crippen LogP contribution in [0, 0.1) is 0 Å². The summed E-state index contributed by atoms with van der Waals surface area (Å²) in [4.78, 5) is 15.1. The molecule has 1 aliphatic heterocycles. The minimum atomic E-state index is -4.42. The van der Waals surface area contributed by atoms with E-state index in [4.69, 9.17) is 4.42 Å². The molecule has 0 radical (unpaired) electrons. The smallest absolute Gasteiger partial charge is 0.406 e. The van der Waals surface area contributed by atoms with Gasteiger partial charge in [0.05, 0.1) is 19.4 Å². The lowest BCUT2D eigenvalue weighted by Gasteiger charge is -2.34. The van der Waals surface area contributed by atoms with Crippen LogP contribution in [0.2, 0.25) is 0 Å². The van der Waals surface area contributed by atoms with Crippen LogP contribution in [0.4, 0.5) is 13.2 Å². The van der Waals surface area contributed by atoms with Crippen LogP contribution in [0.5, 0.6) is 0 Å². The van der Waals surface area contributed by atoms with Gasteiger partial charge in [-0.1, -0.05) is 6.42 Å². The second kappa shape index (κ2) is 7.17. The Hall–Kier alpha value is -1.50. The summed E-state index contributed by atoms with van der Waals surface area (Å²) in [5.74, 6) is -0.160. The summed E-state index contributed by atoms with van der Waals surface area (Å²) in [6.07, 6.45) is 0.0262. The van der Waals surface area contributed by atoms with E-state index in [9.17, 15) is 18.0 Å². The van der Waals surface area contributed by atoms with E-state index in [1.54, 1.807) is 12.1 Å². The van der Waals surface area contributed by atoms with Crippen LogP contribution in [0.25, 0.3) is 0 Å². The van der Waals surface area contributed by atoms with Crippen molar-refractivity contribution < 1.29 is 22.4 Å². The highest BCUT2D eigenvalue weighted by atomic mass is 19.4. The first kappa shape index (κ1) is 16.9. The van der Waals surface area contributed by atoms with E-state index < -0.39 is 18.6 Å². The molecule has 2 heterocycles. The lowest BCUT2D eigenvalue weighted by atomic mass is 10.0. The molecule has 0 N–H and O–H groups in total. The number of amides is 1. The number of carbonyl (C=O) groups is 1. The predicted molar refractivity (Wildman–Crippen MR) is 75.1 cm³/mol. The Bertz CT molecular complexity index is 474. The maximum absolute atomic E-state index is 12.7. The van der Waals surface area contributed by atoms with Crippen LogP contribution < -0.4 is 0 Å². The molecular weight excluding hydrogens is 297 g/mol. The summed E-state index contributed by atoms with van der Waals surface area (Å²) in [6, 6.07) is 3.40. The summed E-state index contributed by atoms with van der Waals surface area (Å²) >= 11 is 0. The molecule has 1 aromatic rings. The summed E-state index contributed by atoms with van der Waals surface area (Å²) in [7, 11) is 0. The third-order valence-corrected chi connectivity index (χ3v) is 3.93. The van der Waals surface area contributed by atoms with Crippen molar-refractivity contribution in [2.24, 2.45) is 0 Å². The quantitative estimate of drug-likeness (QED) is 0.837. The number of carbonyl (C=O) groups excluding carboxylic acids is 1. The maximum Gasteiger partial charge on any atom is 0.406 e. The van der Waals surface area contributed by atoms with Gasteiger partial charge in [0.2, 0.25) is 5.91 Å². The standard InChI is InChI=1S/C15H21F3N2O2/c1-12-5-2-3-7-19(12)10-14(21)20(11-15(16,17)18)9-13-6-4-8-22-13/h4,6,8,12H,2-3,5,7,9-11H2,1H3. The van der Waals surface area contributed by atoms with E-state index in [2.05, 4.69) is 0 Å². The minimum Gasteiger partial charge on any atom is -0.467 e. The van der Waals surface area contributed by atoms with Gasteiger partial charge in [-0.2, -0.15) is 13.2 Å². The van der Waals surface area contributed by atoms with Crippen molar-refractivity contribution in [3.8, 4) is 0 Å². The molecule has 1 aromatic heterocycles. The molecule has 7 heteroatoms. The molecule has 124 valence electrons. The van der Waals surface area contributed by atoms with E-state index in [-0.39, 0.29) is 19.1 Å². The molecule has 1 saturated heterocycles. The van der Waals surface area contributed by atoms with Crippen LogP contribution in [0.15, 0.2) is 22.8 Å². The Morgan fingerprint density at radius 3 is 2.82 bits per heavy atom. The van der Waals surface area contributed by atoms with Gasteiger partial charge in [-0.05, 0) is 38.4 Å². The predicted octanol–water partition coefficient (Wildman–Crippen LogP) is 3.04. The van der Waals surface area contributed by atoms with Gasteiger partial charge in [-0.15, -0.1) is 0 Å². The number of hydrogen-bond acceptors (Lipinski definition) is 3. The molecule has 0 spiro atoms. The summed E-state index contributed by atoms with van der Waals surface area (Å²) in [5, 5.41) is 0. The monoisotopic (exact) mass is 318 g/mol. The van der Waals surface area contributed by atoms with Crippen LogP contribution in [-0.4, -0.2) is 47.6 Å². The van der Waals surface area contributed by atoms with Crippen molar-refractivity contribution in [3.05, 3.63) is 24.2 Å². The summed E-state index contributed by atoms with van der Waals surface area (Å²) < 4.78 is 43.2. The molecular formula is C15H21F3N2O2. The fraction of sp³-hybridized carbons (Fsp3) is 0.667. The van der Waals surface area contributed by atoms with Crippen molar-refractivity contribution in [3.63, 3.8) is 0 Å². The molecule has 1 amide bonds. The lowest BCUT2D eigenvalue weighted by molar-refractivity contribution is -0.163. The third-order valence-electron chi connectivity index (χ3n) is 3.93. The first-order valence-electron chi connectivity index (χ1n) is 7.46. The van der Waals surface area contributed by atoms with Crippen molar-refractivity contribution in [2.45, 2.75) is 44.9 Å². The Kier molecular flexibility index (Phi) is 5.50. The Morgan fingerprint density at radius 1 is 1.45 bits per heavy atom. The van der Waals surface area contributed by atoms with Gasteiger partial charge < -0.3 is 9.32 Å². The number of furan rings is 1. The molecule has 1 atom stereocenters. The first-order chi connectivity index (χ1) is 10.3. The molecule has 0 bridgehead atoms. The number of likely N-dealkylation sites (tertiary alicyclic amines) is 1. The topological polar surface area (TPSA) is 36.7 Å². The molecule has 0 aliphatic carbocycles. The van der Waals surface area contributed by atoms with Gasteiger partial charge in [-0.3, -0.25) is 9.69 Å². The zero-order chi connectivity index (χ0) is 16.2. The van der Waals surface area contributed by atoms with Crippen molar-refractivity contribution in [1.29, 1.82) is 0 Å². The lowest BCUT2D eigenvalue weighted by Crippen LogP contribution is -2.47. The minimum absolute atomic E-state index is 0.0257. The first-order valence-corrected chi connectivity index (χ1v) is 7.46. The highest BCUT2D eigenvalue weighted by molar-refractivity contribution is 5.78. The molecule has 2 rings (SSSR count). The second-order valence-electron chi connectivity index (χ2n) is 5.76. The highest BCUT2D eigenvalue weighted by Crippen LogP contribution is 2.20. The van der Waals surface area contributed by atoms with Gasteiger partial charge in [0.15, 0.2) is 0 Å². The van der Waals surface area contributed by atoms with Gasteiger partial charge >= 0.3 is 6.18 Å². The molecule has 22 heavy (non-hydrogen) atoms.